The van der Waals surface area contributed by atoms with Gasteiger partial charge >= 0.3 is 0 Å². The van der Waals surface area contributed by atoms with Crippen LogP contribution in [0, 0.1) is 0 Å². The number of aromatic hydroxyl groups is 1. The third kappa shape index (κ3) is 6.35. The van der Waals surface area contributed by atoms with E-state index >= 15 is 0 Å². The molecule has 7 nitrogen and oxygen atoms in total. The maximum atomic E-state index is 12.9. The van der Waals surface area contributed by atoms with Crippen molar-refractivity contribution in [1.29, 1.82) is 0 Å². The molecular formula is C24H32N2O5. The lowest BCUT2D eigenvalue weighted by Crippen LogP contribution is -2.42. The van der Waals surface area contributed by atoms with Gasteiger partial charge in [-0.25, -0.2) is 0 Å². The highest BCUT2D eigenvalue weighted by atomic mass is 16.5. The lowest BCUT2D eigenvalue weighted by atomic mass is 10.2. The molecule has 168 valence electrons. The van der Waals surface area contributed by atoms with E-state index in [4.69, 9.17) is 14.2 Å². The molecule has 1 aliphatic rings. The second-order valence-electron chi connectivity index (χ2n) is 8.13. The highest BCUT2D eigenvalue weighted by Gasteiger charge is 2.29. The molecule has 31 heavy (non-hydrogen) atoms. The number of nitrogens with zero attached hydrogens (tertiary/aromatic N) is 2. The van der Waals surface area contributed by atoms with Gasteiger partial charge in [0.25, 0.3) is 0 Å². The average molecular weight is 429 g/mol. The van der Waals surface area contributed by atoms with Crippen LogP contribution in [0.25, 0.3) is 0 Å². The Labute approximate surface area is 184 Å². The number of phenolic OH excluding ortho intramolecular Hbond substituents is 1. The Morgan fingerprint density at radius 3 is 2.23 bits per heavy atom. The summed E-state index contributed by atoms with van der Waals surface area (Å²) in [5.41, 5.74) is 1.99. The minimum Gasteiger partial charge on any atom is -0.508 e. The van der Waals surface area contributed by atoms with Crippen molar-refractivity contribution in [3.63, 3.8) is 0 Å². The summed E-state index contributed by atoms with van der Waals surface area (Å²) in [6, 6.07) is 12.9. The molecule has 1 heterocycles. The minimum atomic E-state index is -0.136. The van der Waals surface area contributed by atoms with Gasteiger partial charge in [-0.05, 0) is 49.2 Å². The summed E-state index contributed by atoms with van der Waals surface area (Å²) >= 11 is 0. The number of rotatable bonds is 8. The second kappa shape index (κ2) is 10.5. The maximum absolute atomic E-state index is 12.9. The smallest absolute Gasteiger partial charge is 0.237 e. The van der Waals surface area contributed by atoms with Crippen LogP contribution in [-0.2, 0) is 22.7 Å². The third-order valence-electron chi connectivity index (χ3n) is 5.40. The molecule has 2 aromatic rings. The standard InChI is InChI=1S/C24H32N2O5/c1-17(2)26-14-23(31-16-19-9-21(29-3)11-22(10-19)30-4)13-25(15-24(26)28)12-18-5-7-20(27)8-6-18/h5-11,17,23,27H,12-16H2,1-4H3. The molecule has 1 N–H and O–H groups in total. The van der Waals surface area contributed by atoms with E-state index in [0.29, 0.717) is 44.3 Å². The first-order valence-corrected chi connectivity index (χ1v) is 10.5. The van der Waals surface area contributed by atoms with E-state index < -0.39 is 0 Å². The predicted molar refractivity (Wildman–Crippen MR) is 118 cm³/mol. The van der Waals surface area contributed by atoms with E-state index in [0.717, 1.165) is 11.1 Å². The Hall–Kier alpha value is -2.77. The number of hydrogen-bond acceptors (Lipinski definition) is 6. The summed E-state index contributed by atoms with van der Waals surface area (Å²) in [5, 5.41) is 9.53. The van der Waals surface area contributed by atoms with Gasteiger partial charge in [-0.15, -0.1) is 0 Å². The number of hydrogen-bond donors (Lipinski definition) is 1. The molecule has 1 unspecified atom stereocenters. The van der Waals surface area contributed by atoms with Gasteiger partial charge in [0.15, 0.2) is 0 Å². The molecule has 1 fully saturated rings. The van der Waals surface area contributed by atoms with Crippen molar-refractivity contribution in [3.05, 3.63) is 53.6 Å². The van der Waals surface area contributed by atoms with Gasteiger partial charge in [0.2, 0.25) is 5.91 Å². The SMILES string of the molecule is COc1cc(COC2CN(Cc3ccc(O)cc3)CC(=O)N(C(C)C)C2)cc(OC)c1. The zero-order chi connectivity index (χ0) is 22.4. The number of carbonyl (C=O) groups excluding carboxylic acids is 1. The maximum Gasteiger partial charge on any atom is 0.237 e. The zero-order valence-electron chi connectivity index (χ0n) is 18.7. The number of carbonyl (C=O) groups is 1. The minimum absolute atomic E-state index is 0.0999. The zero-order valence-corrected chi connectivity index (χ0v) is 18.7. The largest absolute Gasteiger partial charge is 0.508 e. The lowest BCUT2D eigenvalue weighted by Gasteiger charge is -2.28. The number of phenols is 1. The van der Waals surface area contributed by atoms with Gasteiger partial charge in [-0.3, -0.25) is 9.69 Å². The van der Waals surface area contributed by atoms with Crippen molar-refractivity contribution in [1.82, 2.24) is 9.80 Å². The highest BCUT2D eigenvalue weighted by molar-refractivity contribution is 5.79. The second-order valence-corrected chi connectivity index (χ2v) is 8.13. The van der Waals surface area contributed by atoms with Gasteiger partial charge in [0.1, 0.15) is 17.2 Å². The van der Waals surface area contributed by atoms with Gasteiger partial charge in [0.05, 0.1) is 33.5 Å². The number of amides is 1. The summed E-state index contributed by atoms with van der Waals surface area (Å²) in [4.78, 5) is 16.8. The summed E-state index contributed by atoms with van der Waals surface area (Å²) in [6.07, 6.45) is -0.136. The van der Waals surface area contributed by atoms with E-state index in [1.807, 2.05) is 49.1 Å². The summed E-state index contributed by atoms with van der Waals surface area (Å²) in [5.74, 6) is 1.76. The van der Waals surface area contributed by atoms with Crippen molar-refractivity contribution in [2.24, 2.45) is 0 Å². The van der Waals surface area contributed by atoms with E-state index in [2.05, 4.69) is 4.90 Å². The summed E-state index contributed by atoms with van der Waals surface area (Å²) in [6.45, 7) is 6.58. The molecule has 3 rings (SSSR count). The molecule has 1 aliphatic heterocycles. The van der Waals surface area contributed by atoms with E-state index in [9.17, 15) is 9.90 Å². The van der Waals surface area contributed by atoms with E-state index in [-0.39, 0.29) is 23.8 Å². The Kier molecular flexibility index (Phi) is 7.76. The first-order chi connectivity index (χ1) is 14.9. The summed E-state index contributed by atoms with van der Waals surface area (Å²) < 4.78 is 17.0. The van der Waals surface area contributed by atoms with Crippen molar-refractivity contribution in [2.75, 3.05) is 33.9 Å². The topological polar surface area (TPSA) is 71.5 Å². The summed E-state index contributed by atoms with van der Waals surface area (Å²) in [7, 11) is 3.25. The first-order valence-electron chi connectivity index (χ1n) is 10.5. The fraction of sp³-hybridized carbons (Fsp3) is 0.458. The number of benzene rings is 2. The van der Waals surface area contributed by atoms with Crippen LogP contribution in [0.3, 0.4) is 0 Å². The molecule has 0 aromatic heterocycles. The van der Waals surface area contributed by atoms with Gasteiger partial charge < -0.3 is 24.2 Å². The molecule has 0 saturated carbocycles. The molecule has 0 radical (unpaired) electrons. The fourth-order valence-electron chi connectivity index (χ4n) is 3.76. The molecule has 1 saturated heterocycles. The normalized spacial score (nSPS) is 17.6. The van der Waals surface area contributed by atoms with Crippen LogP contribution >= 0.6 is 0 Å². The lowest BCUT2D eigenvalue weighted by molar-refractivity contribution is -0.133. The molecule has 1 atom stereocenters. The van der Waals surface area contributed by atoms with Crippen LogP contribution in [0.2, 0.25) is 0 Å². The highest BCUT2D eigenvalue weighted by Crippen LogP contribution is 2.24. The van der Waals surface area contributed by atoms with Crippen molar-refractivity contribution < 1.29 is 24.1 Å². The Balaban J connectivity index is 1.73. The van der Waals surface area contributed by atoms with Crippen LogP contribution in [0.1, 0.15) is 25.0 Å². The van der Waals surface area contributed by atoms with Crippen molar-refractivity contribution in [2.45, 2.75) is 39.1 Å². The van der Waals surface area contributed by atoms with Crippen molar-refractivity contribution in [3.8, 4) is 17.2 Å². The van der Waals surface area contributed by atoms with Crippen LogP contribution in [0.4, 0.5) is 0 Å². The van der Waals surface area contributed by atoms with Crippen LogP contribution < -0.4 is 9.47 Å². The molecule has 7 heteroatoms. The van der Waals surface area contributed by atoms with Gasteiger partial charge in [-0.2, -0.15) is 0 Å². The van der Waals surface area contributed by atoms with E-state index in [1.165, 1.54) is 0 Å². The fourth-order valence-corrected chi connectivity index (χ4v) is 3.76. The Bertz CT molecular complexity index is 847. The Morgan fingerprint density at radius 2 is 1.65 bits per heavy atom. The third-order valence-corrected chi connectivity index (χ3v) is 5.40. The van der Waals surface area contributed by atoms with Crippen molar-refractivity contribution >= 4 is 5.91 Å². The Morgan fingerprint density at radius 1 is 1.00 bits per heavy atom. The quantitative estimate of drug-likeness (QED) is 0.697. The molecule has 1 amide bonds. The van der Waals surface area contributed by atoms with Gasteiger partial charge in [0, 0.05) is 31.7 Å². The van der Waals surface area contributed by atoms with E-state index in [1.54, 1.807) is 26.4 Å². The number of ether oxygens (including phenoxy) is 3. The average Bonchev–Trinajstić information content (AvgIpc) is 2.91. The number of methoxy groups -OCH3 is 2. The molecule has 0 aliphatic carbocycles. The predicted octanol–water partition coefficient (Wildman–Crippen LogP) is 3.05. The van der Waals surface area contributed by atoms with Crippen LogP contribution in [0.15, 0.2) is 42.5 Å². The van der Waals surface area contributed by atoms with Gasteiger partial charge in [-0.1, -0.05) is 12.1 Å². The monoisotopic (exact) mass is 428 g/mol. The van der Waals surface area contributed by atoms with Crippen LogP contribution in [0.5, 0.6) is 17.2 Å². The molecule has 0 bridgehead atoms. The molecular weight excluding hydrogens is 396 g/mol. The molecule has 2 aromatic carbocycles. The first kappa shape index (κ1) is 22.9. The van der Waals surface area contributed by atoms with Crippen LogP contribution in [-0.4, -0.2) is 66.8 Å². The molecule has 0 spiro atoms.